The third-order valence-electron chi connectivity index (χ3n) is 3.43. The number of carbonyl (C=O) groups is 1. The van der Waals surface area contributed by atoms with Gasteiger partial charge in [0.1, 0.15) is 5.82 Å². The summed E-state index contributed by atoms with van der Waals surface area (Å²) in [6, 6.07) is 7.29. The first kappa shape index (κ1) is 13.8. The first-order valence-electron chi connectivity index (χ1n) is 6.55. The highest BCUT2D eigenvalue weighted by Crippen LogP contribution is 2.28. The molecule has 0 saturated heterocycles. The normalized spacial score (nSPS) is 11.0. The molecule has 2 heterocycles. The molecule has 21 heavy (non-hydrogen) atoms. The molecule has 2 aromatic heterocycles. The summed E-state index contributed by atoms with van der Waals surface area (Å²) >= 11 is 6.13. The summed E-state index contributed by atoms with van der Waals surface area (Å²) in [5.74, 6) is -0.524. The van der Waals surface area contributed by atoms with Crippen molar-refractivity contribution in [1.29, 1.82) is 0 Å². The Morgan fingerprint density at radius 1 is 1.29 bits per heavy atom. The molecule has 1 aromatic carbocycles. The van der Waals surface area contributed by atoms with Crippen molar-refractivity contribution in [2.75, 3.05) is 0 Å². The molecule has 106 valence electrons. The zero-order valence-corrected chi connectivity index (χ0v) is 12.1. The van der Waals surface area contributed by atoms with E-state index in [-0.39, 0.29) is 11.6 Å². The second kappa shape index (κ2) is 5.30. The van der Waals surface area contributed by atoms with Crippen molar-refractivity contribution in [2.24, 2.45) is 0 Å². The molecule has 0 amide bonds. The van der Waals surface area contributed by atoms with Crippen LogP contribution in [-0.4, -0.2) is 15.3 Å². The number of hydrogen-bond acceptors (Lipinski definition) is 2. The summed E-state index contributed by atoms with van der Waals surface area (Å²) < 4.78 is 14.9. The van der Waals surface area contributed by atoms with E-state index < -0.39 is 0 Å². The molecule has 0 unspecified atom stereocenters. The minimum absolute atomic E-state index is 0.158. The Balaban J connectivity index is 2.18. The number of hydrogen-bond donors (Lipinski definition) is 0. The SMILES string of the molecule is CCn1cc(C(=O)c2ccc(F)cc2)c2ccnc(Cl)c21. The average molecular weight is 303 g/mol. The van der Waals surface area contributed by atoms with Gasteiger partial charge < -0.3 is 4.57 Å². The number of rotatable bonds is 3. The number of aromatic nitrogens is 2. The van der Waals surface area contributed by atoms with Gasteiger partial charge in [0.25, 0.3) is 0 Å². The maximum absolute atomic E-state index is 13.0. The van der Waals surface area contributed by atoms with Gasteiger partial charge in [0.05, 0.1) is 5.52 Å². The van der Waals surface area contributed by atoms with Crippen molar-refractivity contribution in [3.63, 3.8) is 0 Å². The van der Waals surface area contributed by atoms with E-state index in [0.717, 1.165) is 10.9 Å². The third kappa shape index (κ3) is 2.32. The van der Waals surface area contributed by atoms with Crippen molar-refractivity contribution in [2.45, 2.75) is 13.5 Å². The molecule has 0 spiro atoms. The van der Waals surface area contributed by atoms with Crippen LogP contribution in [0.1, 0.15) is 22.8 Å². The van der Waals surface area contributed by atoms with Crippen LogP contribution in [0, 0.1) is 5.82 Å². The molecule has 3 rings (SSSR count). The van der Waals surface area contributed by atoms with Gasteiger partial charge in [-0.3, -0.25) is 4.79 Å². The van der Waals surface area contributed by atoms with Gasteiger partial charge in [-0.1, -0.05) is 11.6 Å². The average Bonchev–Trinajstić information content (AvgIpc) is 2.87. The van der Waals surface area contributed by atoms with E-state index in [2.05, 4.69) is 4.98 Å². The smallest absolute Gasteiger partial charge is 0.195 e. The van der Waals surface area contributed by atoms with Gasteiger partial charge in [0, 0.05) is 35.5 Å². The van der Waals surface area contributed by atoms with E-state index in [0.29, 0.717) is 22.8 Å². The summed E-state index contributed by atoms with van der Waals surface area (Å²) in [5.41, 5.74) is 1.73. The van der Waals surface area contributed by atoms with Crippen LogP contribution < -0.4 is 0 Å². The van der Waals surface area contributed by atoms with E-state index in [1.54, 1.807) is 18.5 Å². The minimum atomic E-state index is -0.366. The van der Waals surface area contributed by atoms with Crippen LogP contribution in [0.4, 0.5) is 4.39 Å². The number of fused-ring (bicyclic) bond motifs is 1. The van der Waals surface area contributed by atoms with E-state index >= 15 is 0 Å². The van der Waals surface area contributed by atoms with Gasteiger partial charge in [-0.05, 0) is 37.3 Å². The number of pyridine rings is 1. The highest BCUT2D eigenvalue weighted by Gasteiger charge is 2.18. The molecule has 0 saturated carbocycles. The lowest BCUT2D eigenvalue weighted by atomic mass is 10.0. The van der Waals surface area contributed by atoms with Crippen LogP contribution in [0.3, 0.4) is 0 Å². The molecule has 0 radical (unpaired) electrons. The molecule has 0 aliphatic rings. The van der Waals surface area contributed by atoms with Crippen LogP contribution in [0.15, 0.2) is 42.7 Å². The highest BCUT2D eigenvalue weighted by atomic mass is 35.5. The first-order valence-corrected chi connectivity index (χ1v) is 6.93. The lowest BCUT2D eigenvalue weighted by Crippen LogP contribution is -2.00. The minimum Gasteiger partial charge on any atom is -0.344 e. The number of carbonyl (C=O) groups excluding carboxylic acids is 1. The first-order chi connectivity index (χ1) is 10.1. The molecule has 0 bridgehead atoms. The molecular formula is C16H12ClFN2O. The Morgan fingerprint density at radius 2 is 2.00 bits per heavy atom. The van der Waals surface area contributed by atoms with Crippen molar-refractivity contribution >= 4 is 28.3 Å². The van der Waals surface area contributed by atoms with E-state index in [9.17, 15) is 9.18 Å². The van der Waals surface area contributed by atoms with Gasteiger partial charge in [-0.2, -0.15) is 0 Å². The summed E-state index contributed by atoms with van der Waals surface area (Å²) in [4.78, 5) is 16.7. The van der Waals surface area contributed by atoms with Crippen molar-refractivity contribution < 1.29 is 9.18 Å². The lowest BCUT2D eigenvalue weighted by Gasteiger charge is -2.00. The lowest BCUT2D eigenvalue weighted by molar-refractivity contribution is 0.104. The zero-order valence-electron chi connectivity index (χ0n) is 11.3. The zero-order chi connectivity index (χ0) is 15.0. The van der Waals surface area contributed by atoms with Crippen LogP contribution in [-0.2, 0) is 6.54 Å². The van der Waals surface area contributed by atoms with Gasteiger partial charge in [0.15, 0.2) is 10.9 Å². The monoisotopic (exact) mass is 302 g/mol. The largest absolute Gasteiger partial charge is 0.344 e. The molecule has 0 aliphatic carbocycles. The van der Waals surface area contributed by atoms with Crippen LogP contribution in [0.2, 0.25) is 5.15 Å². The maximum atomic E-state index is 13.0. The summed E-state index contributed by atoms with van der Waals surface area (Å²) in [7, 11) is 0. The molecule has 0 fully saturated rings. The molecule has 3 nitrogen and oxygen atoms in total. The number of benzene rings is 1. The summed E-state index contributed by atoms with van der Waals surface area (Å²) in [5, 5.41) is 1.12. The number of ketones is 1. The second-order valence-corrected chi connectivity index (χ2v) is 5.02. The van der Waals surface area contributed by atoms with Gasteiger partial charge >= 0.3 is 0 Å². The number of aryl methyl sites for hydroxylation is 1. The topological polar surface area (TPSA) is 34.9 Å². The molecule has 0 N–H and O–H groups in total. The molecule has 3 aromatic rings. The van der Waals surface area contributed by atoms with Gasteiger partial charge in [-0.25, -0.2) is 9.37 Å². The van der Waals surface area contributed by atoms with Gasteiger partial charge in [0.2, 0.25) is 0 Å². The Hall–Kier alpha value is -2.20. The number of nitrogens with zero attached hydrogens (tertiary/aromatic N) is 2. The predicted octanol–water partition coefficient (Wildman–Crippen LogP) is 4.08. The Labute approximate surface area is 126 Å². The van der Waals surface area contributed by atoms with Crippen LogP contribution in [0.5, 0.6) is 0 Å². The Morgan fingerprint density at radius 3 is 2.67 bits per heavy atom. The Bertz CT molecular complexity index is 824. The van der Waals surface area contributed by atoms with Crippen molar-refractivity contribution in [3.05, 3.63) is 64.8 Å². The molecule has 0 aliphatic heterocycles. The molecule has 0 atom stereocenters. The fraction of sp³-hybridized carbons (Fsp3) is 0.125. The molecular weight excluding hydrogens is 291 g/mol. The quantitative estimate of drug-likeness (QED) is 0.540. The fourth-order valence-electron chi connectivity index (χ4n) is 2.40. The third-order valence-corrected chi connectivity index (χ3v) is 3.71. The van der Waals surface area contributed by atoms with Crippen LogP contribution in [0.25, 0.3) is 10.9 Å². The fourth-order valence-corrected chi connectivity index (χ4v) is 2.66. The highest BCUT2D eigenvalue weighted by molar-refractivity contribution is 6.34. The second-order valence-electron chi connectivity index (χ2n) is 4.66. The van der Waals surface area contributed by atoms with Crippen LogP contribution >= 0.6 is 11.6 Å². The summed E-state index contributed by atoms with van der Waals surface area (Å²) in [6.07, 6.45) is 3.34. The van der Waals surface area contributed by atoms with Crippen molar-refractivity contribution in [1.82, 2.24) is 9.55 Å². The maximum Gasteiger partial charge on any atom is 0.195 e. The summed E-state index contributed by atoms with van der Waals surface area (Å²) in [6.45, 7) is 2.65. The van der Waals surface area contributed by atoms with Crippen molar-refractivity contribution in [3.8, 4) is 0 Å². The Kier molecular flexibility index (Phi) is 3.47. The van der Waals surface area contributed by atoms with E-state index in [1.165, 1.54) is 24.3 Å². The number of halogens is 2. The molecule has 5 heteroatoms. The van der Waals surface area contributed by atoms with E-state index in [4.69, 9.17) is 11.6 Å². The predicted molar refractivity (Wildman–Crippen MR) is 80.2 cm³/mol. The standard InChI is InChI=1S/C16H12ClFN2O/c1-2-20-9-13(12-7-8-19-16(17)14(12)20)15(21)10-3-5-11(18)6-4-10/h3-9H,2H2,1H3. The van der Waals surface area contributed by atoms with E-state index in [1.807, 2.05) is 11.5 Å². The van der Waals surface area contributed by atoms with Gasteiger partial charge in [-0.15, -0.1) is 0 Å².